The van der Waals surface area contributed by atoms with E-state index in [-0.39, 0.29) is 11.6 Å². The van der Waals surface area contributed by atoms with Gasteiger partial charge in [0.05, 0.1) is 5.54 Å². The zero-order valence-corrected chi connectivity index (χ0v) is 11.0. The fourth-order valence-electron chi connectivity index (χ4n) is 2.71. The summed E-state index contributed by atoms with van der Waals surface area (Å²) in [4.78, 5) is 16.3. The topological polar surface area (TPSA) is 47.6 Å². The molecular formula is C12H24N4O. The predicted molar refractivity (Wildman–Crippen MR) is 68.1 cm³/mol. The highest BCUT2D eigenvalue weighted by Crippen LogP contribution is 2.19. The predicted octanol–water partition coefficient (Wildman–Crippen LogP) is 0.0855. The van der Waals surface area contributed by atoms with Crippen LogP contribution in [0.2, 0.25) is 0 Å². The summed E-state index contributed by atoms with van der Waals surface area (Å²) in [5.74, 6) is 0. The molecule has 2 saturated heterocycles. The van der Waals surface area contributed by atoms with Crippen molar-refractivity contribution in [2.75, 3.05) is 45.8 Å². The van der Waals surface area contributed by atoms with Crippen molar-refractivity contribution < 1.29 is 4.79 Å². The van der Waals surface area contributed by atoms with Crippen LogP contribution in [-0.2, 0) is 0 Å². The van der Waals surface area contributed by atoms with Crippen LogP contribution in [0.3, 0.4) is 0 Å². The molecule has 0 unspecified atom stereocenters. The number of carbonyl (C=O) groups is 1. The minimum atomic E-state index is -0.0815. The molecule has 2 N–H and O–H groups in total. The summed E-state index contributed by atoms with van der Waals surface area (Å²) in [5, 5.41) is 6.29. The van der Waals surface area contributed by atoms with Gasteiger partial charge in [0.2, 0.25) is 0 Å². The third-order valence-corrected chi connectivity index (χ3v) is 3.63. The molecule has 2 rings (SSSR count). The van der Waals surface area contributed by atoms with Crippen LogP contribution in [-0.4, -0.2) is 67.2 Å². The molecule has 0 aromatic heterocycles. The van der Waals surface area contributed by atoms with E-state index in [2.05, 4.69) is 29.4 Å². The Hall–Kier alpha value is -0.810. The molecule has 2 amide bonds. The van der Waals surface area contributed by atoms with E-state index >= 15 is 0 Å². The summed E-state index contributed by atoms with van der Waals surface area (Å²) < 4.78 is 0. The van der Waals surface area contributed by atoms with Crippen LogP contribution >= 0.6 is 0 Å². The molecule has 0 aromatic carbocycles. The van der Waals surface area contributed by atoms with E-state index in [0.29, 0.717) is 0 Å². The van der Waals surface area contributed by atoms with Crippen LogP contribution in [0.5, 0.6) is 0 Å². The van der Waals surface area contributed by atoms with Gasteiger partial charge in [-0.1, -0.05) is 0 Å². The van der Waals surface area contributed by atoms with Gasteiger partial charge in [0.25, 0.3) is 0 Å². The van der Waals surface area contributed by atoms with E-state index in [1.54, 1.807) is 0 Å². The van der Waals surface area contributed by atoms with Crippen molar-refractivity contribution in [2.24, 2.45) is 0 Å². The smallest absolute Gasteiger partial charge is 0.317 e. The van der Waals surface area contributed by atoms with Gasteiger partial charge in [0.1, 0.15) is 0 Å². The van der Waals surface area contributed by atoms with E-state index in [4.69, 9.17) is 0 Å². The summed E-state index contributed by atoms with van der Waals surface area (Å²) in [6, 6.07) is 0.0939. The first-order chi connectivity index (χ1) is 8.09. The van der Waals surface area contributed by atoms with Crippen LogP contribution in [0, 0.1) is 0 Å². The summed E-state index contributed by atoms with van der Waals surface area (Å²) in [6.45, 7) is 11.3. The molecule has 2 heterocycles. The van der Waals surface area contributed by atoms with Gasteiger partial charge in [0.15, 0.2) is 0 Å². The number of hydrogen-bond donors (Lipinski definition) is 2. The molecule has 0 aromatic rings. The molecule has 0 aliphatic carbocycles. The Kier molecular flexibility index (Phi) is 3.89. The highest BCUT2D eigenvalue weighted by molar-refractivity contribution is 5.75. The van der Waals surface area contributed by atoms with Gasteiger partial charge in [-0.05, 0) is 20.3 Å². The molecule has 0 saturated carbocycles. The van der Waals surface area contributed by atoms with Crippen molar-refractivity contribution in [1.29, 1.82) is 0 Å². The van der Waals surface area contributed by atoms with Crippen molar-refractivity contribution in [2.45, 2.75) is 25.8 Å². The van der Waals surface area contributed by atoms with Crippen molar-refractivity contribution >= 4 is 6.03 Å². The average Bonchev–Trinajstić information content (AvgIpc) is 2.30. The minimum Gasteiger partial charge on any atom is -0.338 e. The number of rotatable bonds is 3. The summed E-state index contributed by atoms with van der Waals surface area (Å²) >= 11 is 0. The fraction of sp³-hybridized carbons (Fsp3) is 0.917. The van der Waals surface area contributed by atoms with Crippen LogP contribution in [0.4, 0.5) is 4.79 Å². The lowest BCUT2D eigenvalue weighted by Gasteiger charge is -2.44. The number of piperazine rings is 1. The molecule has 0 bridgehead atoms. The van der Waals surface area contributed by atoms with Gasteiger partial charge in [-0.25, -0.2) is 4.79 Å². The highest BCUT2D eigenvalue weighted by atomic mass is 16.2. The zero-order valence-electron chi connectivity index (χ0n) is 11.0. The van der Waals surface area contributed by atoms with Gasteiger partial charge in [0, 0.05) is 45.8 Å². The third kappa shape index (κ3) is 3.10. The van der Waals surface area contributed by atoms with Crippen molar-refractivity contribution in [3.8, 4) is 0 Å². The first-order valence-electron chi connectivity index (χ1n) is 6.58. The Labute approximate surface area is 104 Å². The van der Waals surface area contributed by atoms with Crippen molar-refractivity contribution in [1.82, 2.24) is 20.4 Å². The Balaban J connectivity index is 1.93. The van der Waals surface area contributed by atoms with Crippen LogP contribution in [0.1, 0.15) is 20.3 Å². The van der Waals surface area contributed by atoms with Gasteiger partial charge >= 0.3 is 6.03 Å². The van der Waals surface area contributed by atoms with E-state index in [1.165, 1.54) is 0 Å². The monoisotopic (exact) mass is 240 g/mol. The van der Waals surface area contributed by atoms with E-state index in [1.807, 2.05) is 4.90 Å². The molecule has 2 aliphatic heterocycles. The highest BCUT2D eigenvalue weighted by Gasteiger charge is 2.34. The molecule has 0 spiro atoms. The number of urea groups is 1. The molecule has 98 valence electrons. The SMILES string of the molecule is CC(C)(CN1CCNCC1)N1CCCNC1=O. The van der Waals surface area contributed by atoms with Gasteiger partial charge in [-0.15, -0.1) is 0 Å². The molecule has 5 heteroatoms. The second kappa shape index (κ2) is 5.23. The second-order valence-corrected chi connectivity index (χ2v) is 5.58. The molecular weight excluding hydrogens is 216 g/mol. The Morgan fingerprint density at radius 1 is 1.18 bits per heavy atom. The van der Waals surface area contributed by atoms with E-state index in [9.17, 15) is 4.79 Å². The van der Waals surface area contributed by atoms with Crippen LogP contribution in [0.25, 0.3) is 0 Å². The maximum absolute atomic E-state index is 11.9. The third-order valence-electron chi connectivity index (χ3n) is 3.63. The molecule has 17 heavy (non-hydrogen) atoms. The maximum Gasteiger partial charge on any atom is 0.317 e. The Morgan fingerprint density at radius 2 is 1.88 bits per heavy atom. The van der Waals surface area contributed by atoms with E-state index in [0.717, 1.165) is 52.2 Å². The maximum atomic E-state index is 11.9. The first-order valence-corrected chi connectivity index (χ1v) is 6.58. The number of amides is 2. The lowest BCUT2D eigenvalue weighted by Crippen LogP contribution is -2.61. The van der Waals surface area contributed by atoms with Gasteiger partial charge < -0.3 is 15.5 Å². The Morgan fingerprint density at radius 3 is 2.53 bits per heavy atom. The van der Waals surface area contributed by atoms with E-state index < -0.39 is 0 Å². The normalized spacial score (nSPS) is 23.6. The van der Waals surface area contributed by atoms with Crippen LogP contribution < -0.4 is 10.6 Å². The summed E-state index contributed by atoms with van der Waals surface area (Å²) in [6.07, 6.45) is 1.05. The molecule has 5 nitrogen and oxygen atoms in total. The second-order valence-electron chi connectivity index (χ2n) is 5.58. The van der Waals surface area contributed by atoms with Gasteiger partial charge in [-0.2, -0.15) is 0 Å². The number of carbonyl (C=O) groups excluding carboxylic acids is 1. The van der Waals surface area contributed by atoms with Crippen molar-refractivity contribution in [3.05, 3.63) is 0 Å². The van der Waals surface area contributed by atoms with Crippen molar-refractivity contribution in [3.63, 3.8) is 0 Å². The minimum absolute atomic E-state index is 0.0815. The molecule has 0 atom stereocenters. The number of nitrogens with zero attached hydrogens (tertiary/aromatic N) is 2. The van der Waals surface area contributed by atoms with Gasteiger partial charge in [-0.3, -0.25) is 4.90 Å². The molecule has 0 radical (unpaired) electrons. The summed E-state index contributed by atoms with van der Waals surface area (Å²) in [7, 11) is 0. The largest absolute Gasteiger partial charge is 0.338 e. The van der Waals surface area contributed by atoms with Crippen LogP contribution in [0.15, 0.2) is 0 Å². The Bertz CT molecular complexity index is 274. The average molecular weight is 240 g/mol. The zero-order chi connectivity index (χ0) is 12.3. The molecule has 2 aliphatic rings. The number of hydrogen-bond acceptors (Lipinski definition) is 3. The quantitative estimate of drug-likeness (QED) is 0.735. The lowest BCUT2D eigenvalue weighted by molar-refractivity contribution is 0.0812. The summed E-state index contributed by atoms with van der Waals surface area (Å²) in [5.41, 5.74) is -0.0815. The number of nitrogens with one attached hydrogen (secondary N) is 2. The lowest BCUT2D eigenvalue weighted by atomic mass is 10.0. The molecule has 2 fully saturated rings. The fourth-order valence-corrected chi connectivity index (χ4v) is 2.71. The first kappa shape index (κ1) is 12.6. The standard InChI is InChI=1S/C12H24N4O/c1-12(2,10-15-8-5-13-6-9-15)16-7-3-4-14-11(16)17/h13H,3-10H2,1-2H3,(H,14,17).